The van der Waals surface area contributed by atoms with E-state index in [2.05, 4.69) is 10.3 Å². The maximum atomic E-state index is 11.4. The van der Waals surface area contributed by atoms with Gasteiger partial charge in [-0.3, -0.25) is 4.79 Å². The number of aromatic nitrogens is 1. The molecule has 0 aliphatic rings. The molecule has 3 rings (SSSR count). The first kappa shape index (κ1) is 14.9. The molecule has 0 atom stereocenters. The summed E-state index contributed by atoms with van der Waals surface area (Å²) in [5, 5.41) is 3.71. The van der Waals surface area contributed by atoms with Gasteiger partial charge in [0.1, 0.15) is 5.52 Å². The predicted molar refractivity (Wildman–Crippen MR) is 88.4 cm³/mol. The molecule has 0 bridgehead atoms. The molecular formula is C16H12Cl2N2O2. The Labute approximate surface area is 137 Å². The van der Waals surface area contributed by atoms with Crippen LogP contribution >= 0.6 is 23.2 Å². The Morgan fingerprint density at radius 2 is 2.00 bits per heavy atom. The maximum absolute atomic E-state index is 11.4. The van der Waals surface area contributed by atoms with Crippen molar-refractivity contribution in [3.05, 3.63) is 46.4 Å². The number of anilines is 1. The molecule has 6 heteroatoms. The number of halogens is 2. The largest absolute Gasteiger partial charge is 0.436 e. The molecule has 4 nitrogen and oxygen atoms in total. The van der Waals surface area contributed by atoms with Gasteiger partial charge in [0.05, 0.1) is 10.0 Å². The van der Waals surface area contributed by atoms with Crippen LogP contribution in [0.1, 0.15) is 13.3 Å². The monoisotopic (exact) mass is 334 g/mol. The zero-order valence-corrected chi connectivity index (χ0v) is 13.2. The van der Waals surface area contributed by atoms with Gasteiger partial charge in [-0.15, -0.1) is 0 Å². The zero-order chi connectivity index (χ0) is 15.7. The van der Waals surface area contributed by atoms with E-state index in [1.54, 1.807) is 43.3 Å². The lowest BCUT2D eigenvalue weighted by molar-refractivity contribution is -0.115. The van der Waals surface area contributed by atoms with Crippen LogP contribution in [0.15, 0.2) is 40.8 Å². The number of carbonyl (C=O) groups excluding carboxylic acids is 1. The Morgan fingerprint density at radius 3 is 2.73 bits per heavy atom. The molecule has 0 aliphatic carbocycles. The Morgan fingerprint density at radius 1 is 1.18 bits per heavy atom. The number of oxazole rings is 1. The van der Waals surface area contributed by atoms with Crippen LogP contribution in [0.3, 0.4) is 0 Å². The number of nitrogens with zero attached hydrogens (tertiary/aromatic N) is 1. The molecule has 1 heterocycles. The minimum atomic E-state index is -0.0486. The topological polar surface area (TPSA) is 55.1 Å². The summed E-state index contributed by atoms with van der Waals surface area (Å²) in [5.41, 5.74) is 2.73. The second-order valence-corrected chi connectivity index (χ2v) is 5.55. The van der Waals surface area contributed by atoms with E-state index in [0.717, 1.165) is 5.56 Å². The third-order valence-electron chi connectivity index (χ3n) is 3.16. The first-order valence-electron chi connectivity index (χ1n) is 6.72. The first-order valence-corrected chi connectivity index (χ1v) is 7.48. The van der Waals surface area contributed by atoms with E-state index in [0.29, 0.717) is 39.1 Å². The van der Waals surface area contributed by atoms with E-state index in [1.165, 1.54) is 0 Å². The number of benzene rings is 2. The van der Waals surface area contributed by atoms with Gasteiger partial charge in [0, 0.05) is 17.7 Å². The molecule has 0 radical (unpaired) electrons. The van der Waals surface area contributed by atoms with E-state index in [-0.39, 0.29) is 5.91 Å². The molecule has 112 valence electrons. The van der Waals surface area contributed by atoms with Gasteiger partial charge in [-0.25, -0.2) is 4.98 Å². The first-order chi connectivity index (χ1) is 10.6. The van der Waals surface area contributed by atoms with Crippen LogP contribution in [0, 0.1) is 0 Å². The second-order valence-electron chi connectivity index (χ2n) is 4.73. The highest BCUT2D eigenvalue weighted by molar-refractivity contribution is 6.42. The van der Waals surface area contributed by atoms with Gasteiger partial charge >= 0.3 is 0 Å². The van der Waals surface area contributed by atoms with Gasteiger partial charge in [-0.05, 0) is 36.4 Å². The number of rotatable bonds is 3. The Bertz CT molecular complexity index is 858. The van der Waals surface area contributed by atoms with Crippen molar-refractivity contribution < 1.29 is 9.21 Å². The molecule has 0 fully saturated rings. The van der Waals surface area contributed by atoms with Gasteiger partial charge in [0.2, 0.25) is 11.8 Å². The smallest absolute Gasteiger partial charge is 0.227 e. The van der Waals surface area contributed by atoms with Crippen LogP contribution in [0.4, 0.5) is 5.69 Å². The fraction of sp³-hybridized carbons (Fsp3) is 0.125. The third kappa shape index (κ3) is 2.93. The molecule has 0 aliphatic heterocycles. The molecule has 3 aromatic rings. The highest BCUT2D eigenvalue weighted by Gasteiger charge is 2.11. The molecule has 1 amide bonds. The van der Waals surface area contributed by atoms with E-state index < -0.39 is 0 Å². The summed E-state index contributed by atoms with van der Waals surface area (Å²) in [6.45, 7) is 1.80. The van der Waals surface area contributed by atoms with E-state index in [9.17, 15) is 4.79 Å². The molecule has 0 saturated heterocycles. The van der Waals surface area contributed by atoms with Crippen molar-refractivity contribution >= 4 is 45.9 Å². The van der Waals surface area contributed by atoms with E-state index >= 15 is 0 Å². The van der Waals surface area contributed by atoms with Crippen molar-refractivity contribution in [2.24, 2.45) is 0 Å². The van der Waals surface area contributed by atoms with Gasteiger partial charge in [0.25, 0.3) is 0 Å². The second kappa shape index (κ2) is 5.99. The van der Waals surface area contributed by atoms with Gasteiger partial charge in [0.15, 0.2) is 5.58 Å². The van der Waals surface area contributed by atoms with Crippen molar-refractivity contribution in [2.75, 3.05) is 5.32 Å². The van der Waals surface area contributed by atoms with E-state index in [4.69, 9.17) is 27.6 Å². The van der Waals surface area contributed by atoms with E-state index in [1.807, 2.05) is 0 Å². The summed E-state index contributed by atoms with van der Waals surface area (Å²) in [4.78, 5) is 15.9. The van der Waals surface area contributed by atoms with Crippen molar-refractivity contribution in [1.82, 2.24) is 4.98 Å². The lowest BCUT2D eigenvalue weighted by Gasteiger charge is -2.01. The van der Waals surface area contributed by atoms with Crippen LogP contribution in [-0.4, -0.2) is 10.9 Å². The molecular weight excluding hydrogens is 323 g/mol. The summed E-state index contributed by atoms with van der Waals surface area (Å²) in [6, 6.07) is 10.5. The normalized spacial score (nSPS) is 10.9. The van der Waals surface area contributed by atoms with Gasteiger partial charge in [-0.1, -0.05) is 30.1 Å². The molecule has 22 heavy (non-hydrogen) atoms. The van der Waals surface area contributed by atoms with Crippen molar-refractivity contribution in [3.63, 3.8) is 0 Å². The highest BCUT2D eigenvalue weighted by Crippen LogP contribution is 2.30. The van der Waals surface area contributed by atoms with Gasteiger partial charge < -0.3 is 9.73 Å². The van der Waals surface area contributed by atoms with Crippen LogP contribution in [0.5, 0.6) is 0 Å². The predicted octanol–water partition coefficient (Wildman–Crippen LogP) is 5.15. The Balaban J connectivity index is 1.98. The minimum absolute atomic E-state index is 0.0486. The Kier molecular flexibility index (Phi) is 4.05. The molecule has 0 spiro atoms. The summed E-state index contributed by atoms with van der Waals surface area (Å²) >= 11 is 11.9. The van der Waals surface area contributed by atoms with Crippen molar-refractivity contribution in [3.8, 4) is 11.5 Å². The number of amides is 1. The third-order valence-corrected chi connectivity index (χ3v) is 3.90. The Hall–Kier alpha value is -2.04. The van der Waals surface area contributed by atoms with Crippen LogP contribution in [0.25, 0.3) is 22.6 Å². The SMILES string of the molecule is CCC(=O)Nc1ccc2oc(-c3ccc(Cl)c(Cl)c3)nc2c1. The number of fused-ring (bicyclic) bond motifs is 1. The van der Waals surface area contributed by atoms with Crippen LogP contribution in [-0.2, 0) is 4.79 Å². The zero-order valence-electron chi connectivity index (χ0n) is 11.7. The maximum Gasteiger partial charge on any atom is 0.227 e. The molecule has 1 aromatic heterocycles. The fourth-order valence-corrected chi connectivity index (χ4v) is 2.31. The molecule has 2 aromatic carbocycles. The minimum Gasteiger partial charge on any atom is -0.436 e. The quantitative estimate of drug-likeness (QED) is 0.720. The lowest BCUT2D eigenvalue weighted by Crippen LogP contribution is -2.08. The number of nitrogens with one attached hydrogen (secondary N) is 1. The molecule has 0 unspecified atom stereocenters. The van der Waals surface area contributed by atoms with Gasteiger partial charge in [-0.2, -0.15) is 0 Å². The fourth-order valence-electron chi connectivity index (χ4n) is 2.01. The molecule has 1 N–H and O–H groups in total. The standard InChI is InChI=1S/C16H12Cl2N2O2/c1-2-15(21)19-10-4-6-14-13(8-10)20-16(22-14)9-3-5-11(17)12(18)7-9/h3-8H,2H2,1H3,(H,19,21). The van der Waals surface area contributed by atoms with Crippen LogP contribution in [0.2, 0.25) is 10.0 Å². The summed E-state index contributed by atoms with van der Waals surface area (Å²) in [7, 11) is 0. The number of hydrogen-bond donors (Lipinski definition) is 1. The van der Waals surface area contributed by atoms with Crippen molar-refractivity contribution in [1.29, 1.82) is 0 Å². The summed E-state index contributed by atoms with van der Waals surface area (Å²) in [6.07, 6.45) is 0.422. The highest BCUT2D eigenvalue weighted by atomic mass is 35.5. The average molecular weight is 335 g/mol. The molecule has 0 saturated carbocycles. The lowest BCUT2D eigenvalue weighted by atomic mass is 10.2. The van der Waals surface area contributed by atoms with Crippen LogP contribution < -0.4 is 5.32 Å². The average Bonchev–Trinajstić information content (AvgIpc) is 2.93. The summed E-state index contributed by atoms with van der Waals surface area (Å²) in [5.74, 6) is 0.403. The number of hydrogen-bond acceptors (Lipinski definition) is 3. The van der Waals surface area contributed by atoms with Crippen molar-refractivity contribution in [2.45, 2.75) is 13.3 Å². The summed E-state index contributed by atoms with van der Waals surface area (Å²) < 4.78 is 5.71. The number of carbonyl (C=O) groups is 1.